The van der Waals surface area contributed by atoms with Crippen LogP contribution in [0.4, 0.5) is 4.79 Å². The van der Waals surface area contributed by atoms with E-state index in [1.54, 1.807) is 43.3 Å². The Labute approximate surface area is 161 Å². The molecule has 3 N–H and O–H groups in total. The van der Waals surface area contributed by atoms with Crippen LogP contribution in [0.1, 0.15) is 28.4 Å². The van der Waals surface area contributed by atoms with E-state index < -0.39 is 23.4 Å². The van der Waals surface area contributed by atoms with E-state index in [1.807, 2.05) is 6.07 Å². The average molecular weight is 378 g/mol. The molecule has 142 valence electrons. The van der Waals surface area contributed by atoms with Crippen molar-refractivity contribution in [3.05, 3.63) is 65.2 Å². The number of urea groups is 1. The lowest BCUT2D eigenvalue weighted by Crippen LogP contribution is -2.41. The summed E-state index contributed by atoms with van der Waals surface area (Å²) in [7, 11) is 0. The van der Waals surface area contributed by atoms with Crippen LogP contribution in [0.3, 0.4) is 0 Å². The third kappa shape index (κ3) is 3.50. The molecule has 1 atom stereocenters. The van der Waals surface area contributed by atoms with Crippen LogP contribution in [0.5, 0.6) is 5.75 Å². The van der Waals surface area contributed by atoms with Crippen molar-refractivity contribution in [3.63, 3.8) is 0 Å². The highest BCUT2D eigenvalue weighted by Crippen LogP contribution is 2.29. The van der Waals surface area contributed by atoms with Crippen molar-refractivity contribution in [1.82, 2.24) is 10.2 Å². The summed E-state index contributed by atoms with van der Waals surface area (Å²) in [6, 6.07) is 14.3. The fourth-order valence-corrected chi connectivity index (χ4v) is 2.99. The molecule has 1 saturated heterocycles. The van der Waals surface area contributed by atoms with E-state index >= 15 is 0 Å². The average Bonchev–Trinajstić information content (AvgIpc) is 2.92. The molecular weight excluding hydrogens is 360 g/mol. The Bertz CT molecular complexity index is 998. The van der Waals surface area contributed by atoms with Gasteiger partial charge in [-0.2, -0.15) is 5.26 Å². The molecule has 1 unspecified atom stereocenters. The zero-order valence-electron chi connectivity index (χ0n) is 15.1. The number of nitrogens with zero attached hydrogens (tertiary/aromatic N) is 2. The van der Waals surface area contributed by atoms with E-state index in [4.69, 9.17) is 15.7 Å². The maximum atomic E-state index is 12.9. The summed E-state index contributed by atoms with van der Waals surface area (Å²) in [5.74, 6) is -0.594. The molecule has 0 aliphatic carbocycles. The van der Waals surface area contributed by atoms with Gasteiger partial charge < -0.3 is 15.8 Å². The molecule has 0 radical (unpaired) electrons. The first-order valence-corrected chi connectivity index (χ1v) is 8.52. The zero-order valence-corrected chi connectivity index (χ0v) is 15.1. The number of amides is 4. The van der Waals surface area contributed by atoms with Crippen LogP contribution >= 0.6 is 0 Å². The van der Waals surface area contributed by atoms with Gasteiger partial charge in [0.2, 0.25) is 5.91 Å². The molecule has 2 aromatic rings. The molecule has 8 heteroatoms. The van der Waals surface area contributed by atoms with Gasteiger partial charge in [0.25, 0.3) is 5.91 Å². The van der Waals surface area contributed by atoms with Gasteiger partial charge in [-0.15, -0.1) is 0 Å². The monoisotopic (exact) mass is 378 g/mol. The molecule has 1 fully saturated rings. The number of nitrogens with two attached hydrogens (primary N) is 1. The normalized spacial score (nSPS) is 18.5. The smallest absolute Gasteiger partial charge is 0.325 e. The highest BCUT2D eigenvalue weighted by molar-refractivity contribution is 6.07. The molecular formula is C20H18N4O4. The molecule has 1 heterocycles. The first-order valence-electron chi connectivity index (χ1n) is 8.52. The number of primary amides is 1. The number of nitriles is 1. The minimum atomic E-state index is -1.30. The molecule has 3 rings (SSSR count). The minimum absolute atomic E-state index is 0.0343. The minimum Gasteiger partial charge on any atom is -0.492 e. The number of imide groups is 1. The number of hydrogen-bond donors (Lipinski definition) is 2. The predicted octanol–water partition coefficient (Wildman–Crippen LogP) is 1.50. The van der Waals surface area contributed by atoms with Gasteiger partial charge in [0, 0.05) is 5.56 Å². The van der Waals surface area contributed by atoms with Gasteiger partial charge in [0.1, 0.15) is 17.9 Å². The summed E-state index contributed by atoms with van der Waals surface area (Å²) in [4.78, 5) is 37.7. The highest BCUT2D eigenvalue weighted by Gasteiger charge is 2.48. The second-order valence-electron chi connectivity index (χ2n) is 6.45. The first-order chi connectivity index (χ1) is 13.3. The lowest BCUT2D eigenvalue weighted by molar-refractivity contribution is -0.131. The van der Waals surface area contributed by atoms with Crippen LogP contribution in [0, 0.1) is 11.3 Å². The summed E-state index contributed by atoms with van der Waals surface area (Å²) in [5, 5.41) is 11.6. The van der Waals surface area contributed by atoms with Gasteiger partial charge in [-0.1, -0.05) is 18.2 Å². The van der Waals surface area contributed by atoms with Crippen molar-refractivity contribution >= 4 is 17.8 Å². The zero-order chi connectivity index (χ0) is 20.3. The van der Waals surface area contributed by atoms with Gasteiger partial charge in [-0.25, -0.2) is 4.79 Å². The Morgan fingerprint density at radius 3 is 2.71 bits per heavy atom. The van der Waals surface area contributed by atoms with Gasteiger partial charge in [0.15, 0.2) is 0 Å². The Hall–Kier alpha value is -3.86. The molecule has 1 aliphatic rings. The van der Waals surface area contributed by atoms with Crippen LogP contribution in [0.25, 0.3) is 0 Å². The Balaban J connectivity index is 1.71. The van der Waals surface area contributed by atoms with E-state index in [0.717, 1.165) is 4.90 Å². The number of benzene rings is 2. The fourth-order valence-electron chi connectivity index (χ4n) is 2.99. The number of carbonyl (C=O) groups excluding carboxylic acids is 3. The Morgan fingerprint density at radius 1 is 1.25 bits per heavy atom. The van der Waals surface area contributed by atoms with Crippen LogP contribution < -0.4 is 15.8 Å². The lowest BCUT2D eigenvalue weighted by Gasteiger charge is -2.22. The quantitative estimate of drug-likeness (QED) is 0.737. The van der Waals surface area contributed by atoms with Crippen molar-refractivity contribution in [2.75, 3.05) is 13.2 Å². The van der Waals surface area contributed by atoms with E-state index in [9.17, 15) is 14.4 Å². The second kappa shape index (κ2) is 7.40. The topological polar surface area (TPSA) is 126 Å². The molecule has 4 amide bonds. The third-order valence-electron chi connectivity index (χ3n) is 4.55. The number of hydrogen-bond acceptors (Lipinski definition) is 5. The predicted molar refractivity (Wildman–Crippen MR) is 99.2 cm³/mol. The van der Waals surface area contributed by atoms with Crippen LogP contribution in [-0.4, -0.2) is 35.9 Å². The van der Waals surface area contributed by atoms with Gasteiger partial charge in [0.05, 0.1) is 18.2 Å². The number of carbonyl (C=O) groups is 3. The summed E-state index contributed by atoms with van der Waals surface area (Å²) >= 11 is 0. The lowest BCUT2D eigenvalue weighted by atomic mass is 9.90. The molecule has 28 heavy (non-hydrogen) atoms. The summed E-state index contributed by atoms with van der Waals surface area (Å²) in [5.41, 5.74) is 5.16. The van der Waals surface area contributed by atoms with Crippen molar-refractivity contribution in [2.24, 2.45) is 5.73 Å². The Kier molecular flexibility index (Phi) is 5.00. The molecule has 0 bridgehead atoms. The van der Waals surface area contributed by atoms with Crippen LogP contribution in [-0.2, 0) is 10.3 Å². The van der Waals surface area contributed by atoms with Crippen molar-refractivity contribution < 1.29 is 19.1 Å². The van der Waals surface area contributed by atoms with E-state index in [1.165, 1.54) is 12.1 Å². The third-order valence-corrected chi connectivity index (χ3v) is 4.55. The summed E-state index contributed by atoms with van der Waals surface area (Å²) < 4.78 is 5.55. The Morgan fingerprint density at radius 2 is 2.00 bits per heavy atom. The number of ether oxygens (including phenoxy) is 1. The van der Waals surface area contributed by atoms with Crippen LogP contribution in [0.2, 0.25) is 0 Å². The maximum absolute atomic E-state index is 12.9. The van der Waals surface area contributed by atoms with E-state index in [-0.39, 0.29) is 18.7 Å². The second-order valence-corrected chi connectivity index (χ2v) is 6.45. The first kappa shape index (κ1) is 18.9. The molecule has 8 nitrogen and oxygen atoms in total. The van der Waals surface area contributed by atoms with Crippen molar-refractivity contribution in [1.29, 1.82) is 5.26 Å². The summed E-state index contributed by atoms with van der Waals surface area (Å²) in [6.45, 7) is 1.68. The summed E-state index contributed by atoms with van der Waals surface area (Å²) in [6.07, 6.45) is 0. The SMILES string of the molecule is CC1(c2cccc(C(N)=O)c2)NC(=O)N(CCOc2cccc(C#N)c2)C1=O. The van der Waals surface area contributed by atoms with Crippen LogP contribution in [0.15, 0.2) is 48.5 Å². The highest BCUT2D eigenvalue weighted by atomic mass is 16.5. The van der Waals surface area contributed by atoms with Crippen molar-refractivity contribution in [2.45, 2.75) is 12.5 Å². The van der Waals surface area contributed by atoms with Gasteiger partial charge in [-0.3, -0.25) is 14.5 Å². The standard InChI is InChI=1S/C20H18N4O4/c1-20(15-6-3-5-14(11-15)17(22)25)18(26)24(19(27)23-20)8-9-28-16-7-2-4-13(10-16)12-21/h2-7,10-11H,8-9H2,1H3,(H2,22,25)(H,23,27). The molecule has 2 aromatic carbocycles. The largest absolute Gasteiger partial charge is 0.492 e. The number of rotatable bonds is 6. The molecule has 0 aromatic heterocycles. The fraction of sp³-hybridized carbons (Fsp3) is 0.200. The van der Waals surface area contributed by atoms with Crippen molar-refractivity contribution in [3.8, 4) is 11.8 Å². The molecule has 1 aliphatic heterocycles. The maximum Gasteiger partial charge on any atom is 0.325 e. The molecule has 0 saturated carbocycles. The molecule has 0 spiro atoms. The van der Waals surface area contributed by atoms with E-state index in [0.29, 0.717) is 16.9 Å². The van der Waals surface area contributed by atoms with Gasteiger partial charge in [-0.05, 0) is 42.8 Å². The van der Waals surface area contributed by atoms with Gasteiger partial charge >= 0.3 is 6.03 Å². The number of nitrogens with one attached hydrogen (secondary N) is 1. The van der Waals surface area contributed by atoms with E-state index in [2.05, 4.69) is 5.32 Å².